The van der Waals surface area contributed by atoms with Crippen LogP contribution >= 0.6 is 0 Å². The molecule has 90 valence electrons. The molecule has 3 aromatic heterocycles. The number of H-pyrrole nitrogens is 1. The molecule has 0 aliphatic carbocycles. The Balaban J connectivity index is 2.17. The molecular weight excluding hydrogens is 234 g/mol. The maximum absolute atomic E-state index is 10.9. The monoisotopic (exact) mass is 243 g/mol. The van der Waals surface area contributed by atoms with Gasteiger partial charge in [-0.05, 0) is 25.1 Å². The van der Waals surface area contributed by atoms with E-state index in [1.165, 1.54) is 0 Å². The Morgan fingerprint density at radius 3 is 3.00 bits per heavy atom. The summed E-state index contributed by atoms with van der Waals surface area (Å²) >= 11 is 0. The van der Waals surface area contributed by atoms with Gasteiger partial charge in [-0.2, -0.15) is 0 Å². The molecule has 6 heteroatoms. The van der Waals surface area contributed by atoms with E-state index >= 15 is 0 Å². The summed E-state index contributed by atoms with van der Waals surface area (Å²) in [6.07, 6.45) is 1.68. The van der Waals surface area contributed by atoms with Crippen LogP contribution in [0.15, 0.2) is 28.9 Å². The second kappa shape index (κ2) is 3.69. The minimum absolute atomic E-state index is 0.142. The molecule has 2 N–H and O–H groups in total. The number of aromatic carboxylic acids is 1. The maximum atomic E-state index is 10.9. The quantitative estimate of drug-likeness (QED) is 0.720. The van der Waals surface area contributed by atoms with E-state index in [1.807, 2.05) is 18.2 Å². The van der Waals surface area contributed by atoms with Crippen molar-refractivity contribution >= 4 is 17.0 Å². The third-order valence-electron chi connectivity index (χ3n) is 2.77. The van der Waals surface area contributed by atoms with E-state index < -0.39 is 5.97 Å². The number of aromatic nitrogens is 3. The Morgan fingerprint density at radius 2 is 2.33 bits per heavy atom. The number of fused-ring (bicyclic) bond motifs is 1. The number of rotatable bonds is 2. The van der Waals surface area contributed by atoms with Crippen molar-refractivity contribution in [3.05, 3.63) is 35.7 Å². The maximum Gasteiger partial charge on any atom is 0.375 e. The molecule has 0 spiro atoms. The number of carboxylic acid groups (broad SMARTS) is 1. The van der Waals surface area contributed by atoms with Crippen LogP contribution < -0.4 is 0 Å². The minimum atomic E-state index is -1.12. The van der Waals surface area contributed by atoms with Crippen LogP contribution in [0.25, 0.3) is 22.4 Å². The number of hydrogen-bond acceptors (Lipinski definition) is 4. The number of pyridine rings is 1. The number of hydrogen-bond donors (Lipinski definition) is 2. The van der Waals surface area contributed by atoms with Crippen LogP contribution in [0.3, 0.4) is 0 Å². The summed E-state index contributed by atoms with van der Waals surface area (Å²) in [4.78, 5) is 18.1. The van der Waals surface area contributed by atoms with E-state index in [0.717, 1.165) is 11.0 Å². The minimum Gasteiger partial charge on any atom is -0.475 e. The van der Waals surface area contributed by atoms with Gasteiger partial charge in [0.2, 0.25) is 5.76 Å². The second-order valence-corrected chi connectivity index (χ2v) is 3.91. The van der Waals surface area contributed by atoms with Crippen LogP contribution in [0.4, 0.5) is 0 Å². The Morgan fingerprint density at radius 1 is 1.50 bits per heavy atom. The Kier molecular flexibility index (Phi) is 2.16. The normalized spacial score (nSPS) is 10.9. The van der Waals surface area contributed by atoms with E-state index in [9.17, 15) is 4.79 Å². The summed E-state index contributed by atoms with van der Waals surface area (Å²) in [7, 11) is 0. The van der Waals surface area contributed by atoms with Gasteiger partial charge >= 0.3 is 5.97 Å². The van der Waals surface area contributed by atoms with E-state index in [2.05, 4.69) is 15.1 Å². The van der Waals surface area contributed by atoms with E-state index in [1.54, 1.807) is 13.1 Å². The summed E-state index contributed by atoms with van der Waals surface area (Å²) < 4.78 is 4.82. The fourth-order valence-electron chi connectivity index (χ4n) is 1.87. The summed E-state index contributed by atoms with van der Waals surface area (Å²) in [5, 5.41) is 13.6. The molecule has 3 aromatic rings. The molecule has 0 aliphatic rings. The van der Waals surface area contributed by atoms with Crippen LogP contribution in [0.1, 0.15) is 16.1 Å². The molecule has 6 nitrogen and oxygen atoms in total. The molecule has 0 aliphatic heterocycles. The van der Waals surface area contributed by atoms with Gasteiger partial charge in [0.1, 0.15) is 11.3 Å². The molecule has 0 saturated carbocycles. The lowest BCUT2D eigenvalue weighted by atomic mass is 10.1. The van der Waals surface area contributed by atoms with Crippen molar-refractivity contribution in [3.8, 4) is 11.4 Å². The van der Waals surface area contributed by atoms with Crippen molar-refractivity contribution in [1.29, 1.82) is 0 Å². The molecule has 0 amide bonds. The number of nitrogens with one attached hydrogen (secondary N) is 1. The summed E-state index contributed by atoms with van der Waals surface area (Å²) in [6.45, 7) is 1.66. The Labute approximate surface area is 101 Å². The Bertz CT molecular complexity index is 709. The van der Waals surface area contributed by atoms with Crippen molar-refractivity contribution in [1.82, 2.24) is 15.1 Å². The molecule has 18 heavy (non-hydrogen) atoms. The lowest BCUT2D eigenvalue weighted by Gasteiger charge is -1.91. The average Bonchev–Trinajstić information content (AvgIpc) is 2.91. The van der Waals surface area contributed by atoms with Crippen LogP contribution in [-0.4, -0.2) is 26.2 Å². The van der Waals surface area contributed by atoms with Crippen LogP contribution in [0, 0.1) is 6.92 Å². The predicted octanol–water partition coefficient (Wildman–Crippen LogP) is 2.22. The molecular formula is C12H9N3O3. The van der Waals surface area contributed by atoms with Gasteiger partial charge in [0.05, 0.1) is 5.69 Å². The number of carboxylic acids is 1. The van der Waals surface area contributed by atoms with Gasteiger partial charge in [0.25, 0.3) is 0 Å². The van der Waals surface area contributed by atoms with Crippen LogP contribution in [0.5, 0.6) is 0 Å². The van der Waals surface area contributed by atoms with E-state index in [0.29, 0.717) is 17.0 Å². The summed E-state index contributed by atoms with van der Waals surface area (Å²) in [5.41, 5.74) is 2.41. The van der Waals surface area contributed by atoms with Crippen molar-refractivity contribution in [2.24, 2.45) is 0 Å². The zero-order chi connectivity index (χ0) is 12.7. The first-order valence-electron chi connectivity index (χ1n) is 5.30. The second-order valence-electron chi connectivity index (χ2n) is 3.91. The van der Waals surface area contributed by atoms with Crippen LogP contribution in [-0.2, 0) is 0 Å². The molecule has 0 bridgehead atoms. The number of carbonyl (C=O) groups is 1. The lowest BCUT2D eigenvalue weighted by Crippen LogP contribution is -1.95. The predicted molar refractivity (Wildman–Crippen MR) is 63.3 cm³/mol. The van der Waals surface area contributed by atoms with Crippen molar-refractivity contribution in [2.75, 3.05) is 0 Å². The number of aromatic amines is 1. The Hall–Kier alpha value is -2.63. The SMILES string of the molecule is Cc1c(-c2cc3cccnc3[nH]2)noc1C(=O)O. The molecule has 3 rings (SSSR count). The third kappa shape index (κ3) is 1.46. The van der Waals surface area contributed by atoms with Gasteiger partial charge < -0.3 is 14.6 Å². The molecule has 0 saturated heterocycles. The molecule has 0 radical (unpaired) electrons. The fourth-order valence-corrected chi connectivity index (χ4v) is 1.87. The standard InChI is InChI=1S/C12H9N3O3/c1-6-9(15-18-10(6)12(16)17)8-5-7-3-2-4-13-11(7)14-8/h2-5H,1H3,(H,13,14)(H,16,17). The zero-order valence-electron chi connectivity index (χ0n) is 9.47. The van der Waals surface area contributed by atoms with Gasteiger partial charge in [-0.1, -0.05) is 5.16 Å². The van der Waals surface area contributed by atoms with Crippen molar-refractivity contribution in [2.45, 2.75) is 6.92 Å². The summed E-state index contributed by atoms with van der Waals surface area (Å²) in [6, 6.07) is 5.60. The third-order valence-corrected chi connectivity index (χ3v) is 2.77. The summed E-state index contributed by atoms with van der Waals surface area (Å²) in [5.74, 6) is -1.27. The molecule has 0 unspecified atom stereocenters. The highest BCUT2D eigenvalue weighted by atomic mass is 16.5. The molecule has 0 fully saturated rings. The van der Waals surface area contributed by atoms with Crippen LogP contribution in [0.2, 0.25) is 0 Å². The smallest absolute Gasteiger partial charge is 0.375 e. The first-order valence-corrected chi connectivity index (χ1v) is 5.30. The van der Waals surface area contributed by atoms with Gasteiger partial charge in [-0.3, -0.25) is 0 Å². The molecule has 3 heterocycles. The first kappa shape index (κ1) is 10.5. The van der Waals surface area contributed by atoms with E-state index in [-0.39, 0.29) is 5.76 Å². The van der Waals surface area contributed by atoms with Crippen molar-refractivity contribution < 1.29 is 14.4 Å². The highest BCUT2D eigenvalue weighted by Gasteiger charge is 2.20. The van der Waals surface area contributed by atoms with Gasteiger partial charge in [-0.15, -0.1) is 0 Å². The largest absolute Gasteiger partial charge is 0.475 e. The lowest BCUT2D eigenvalue weighted by molar-refractivity contribution is 0.0651. The first-order chi connectivity index (χ1) is 8.66. The fraction of sp³-hybridized carbons (Fsp3) is 0.0833. The van der Waals surface area contributed by atoms with Crippen molar-refractivity contribution in [3.63, 3.8) is 0 Å². The number of nitrogens with zero attached hydrogens (tertiary/aromatic N) is 2. The highest BCUT2D eigenvalue weighted by Crippen LogP contribution is 2.26. The highest BCUT2D eigenvalue weighted by molar-refractivity contribution is 5.89. The topological polar surface area (TPSA) is 92.0 Å². The molecule has 0 atom stereocenters. The van der Waals surface area contributed by atoms with Gasteiger partial charge in [0, 0.05) is 17.1 Å². The molecule has 0 aromatic carbocycles. The van der Waals surface area contributed by atoms with E-state index in [4.69, 9.17) is 9.63 Å². The average molecular weight is 243 g/mol. The zero-order valence-corrected chi connectivity index (χ0v) is 9.47. The van der Waals surface area contributed by atoms with Gasteiger partial charge in [0.15, 0.2) is 0 Å². The van der Waals surface area contributed by atoms with Gasteiger partial charge in [-0.25, -0.2) is 9.78 Å².